The monoisotopic (exact) mass is 504 g/mol. The van der Waals surface area contributed by atoms with E-state index in [1.807, 2.05) is 26.0 Å². The zero-order chi connectivity index (χ0) is 27.1. The fraction of sp³-hybridized carbons (Fsp3) is 0.188. The molecule has 0 amide bonds. The van der Waals surface area contributed by atoms with Gasteiger partial charge in [-0.3, -0.25) is 0 Å². The molecule has 4 aromatic rings. The van der Waals surface area contributed by atoms with Crippen molar-refractivity contribution in [2.24, 2.45) is 9.98 Å². The molecule has 0 aliphatic heterocycles. The third-order valence-corrected chi connectivity index (χ3v) is 6.81. The van der Waals surface area contributed by atoms with E-state index < -0.39 is 0 Å². The van der Waals surface area contributed by atoms with Crippen LogP contribution in [0, 0.1) is 13.8 Å². The van der Waals surface area contributed by atoms with Crippen LogP contribution < -0.4 is 9.47 Å². The molecule has 0 saturated carbocycles. The van der Waals surface area contributed by atoms with Crippen LogP contribution in [0.5, 0.6) is 23.0 Å². The van der Waals surface area contributed by atoms with Crippen molar-refractivity contribution in [1.29, 1.82) is 0 Å². The second-order valence-corrected chi connectivity index (χ2v) is 9.24. The van der Waals surface area contributed by atoms with Gasteiger partial charge in [-0.2, -0.15) is 9.98 Å². The SMILES string of the molecule is CCC(C)(c1ccc(Oc2ccc(N=C=O)cc2)c(C)c1)c1ccc(Oc2ccc(N=C=O)cc2)c(C)c1. The summed E-state index contributed by atoms with van der Waals surface area (Å²) in [5, 5.41) is 0. The lowest BCUT2D eigenvalue weighted by atomic mass is 9.73. The highest BCUT2D eigenvalue weighted by Crippen LogP contribution is 2.40. The molecule has 0 spiro atoms. The van der Waals surface area contributed by atoms with Gasteiger partial charge in [0.2, 0.25) is 12.2 Å². The molecule has 0 aliphatic carbocycles. The van der Waals surface area contributed by atoms with Crippen molar-refractivity contribution in [2.45, 2.75) is 39.5 Å². The number of hydrogen-bond donors (Lipinski definition) is 0. The van der Waals surface area contributed by atoms with E-state index in [2.05, 4.69) is 48.1 Å². The molecule has 0 atom stereocenters. The summed E-state index contributed by atoms with van der Waals surface area (Å²) in [5.41, 5.74) is 5.29. The summed E-state index contributed by atoms with van der Waals surface area (Å²) in [6.45, 7) is 8.50. The molecule has 0 saturated heterocycles. The van der Waals surface area contributed by atoms with Crippen LogP contribution in [-0.4, -0.2) is 12.2 Å². The molecule has 0 N–H and O–H groups in total. The Morgan fingerprint density at radius 2 is 1.05 bits per heavy atom. The van der Waals surface area contributed by atoms with Gasteiger partial charge < -0.3 is 9.47 Å². The summed E-state index contributed by atoms with van der Waals surface area (Å²) < 4.78 is 12.2. The largest absolute Gasteiger partial charge is 0.457 e. The summed E-state index contributed by atoms with van der Waals surface area (Å²) in [5.74, 6) is 2.87. The minimum absolute atomic E-state index is 0.213. The van der Waals surface area contributed by atoms with Gasteiger partial charge in [-0.15, -0.1) is 0 Å². The van der Waals surface area contributed by atoms with Gasteiger partial charge in [-0.05, 0) is 103 Å². The summed E-state index contributed by atoms with van der Waals surface area (Å²) in [6.07, 6.45) is 3.98. The first-order chi connectivity index (χ1) is 18.4. The van der Waals surface area contributed by atoms with Crippen molar-refractivity contribution >= 4 is 23.5 Å². The molecule has 4 aromatic carbocycles. The van der Waals surface area contributed by atoms with Crippen molar-refractivity contribution in [3.63, 3.8) is 0 Å². The number of rotatable bonds is 9. The zero-order valence-corrected chi connectivity index (χ0v) is 21.8. The summed E-state index contributed by atoms with van der Waals surface area (Å²) in [4.78, 5) is 28.1. The average molecular weight is 505 g/mol. The van der Waals surface area contributed by atoms with Crippen molar-refractivity contribution < 1.29 is 19.1 Å². The fourth-order valence-corrected chi connectivity index (χ4v) is 4.33. The van der Waals surface area contributed by atoms with E-state index in [1.54, 1.807) is 48.5 Å². The molecule has 6 nitrogen and oxygen atoms in total. The van der Waals surface area contributed by atoms with E-state index in [9.17, 15) is 9.59 Å². The Morgan fingerprint density at radius 1 is 0.658 bits per heavy atom. The molecule has 6 heteroatoms. The normalized spacial score (nSPS) is 12.0. The van der Waals surface area contributed by atoms with Crippen LogP contribution in [0.25, 0.3) is 0 Å². The number of aliphatic imine (C=N–C) groups is 2. The topological polar surface area (TPSA) is 77.3 Å². The standard InChI is InChI=1S/C32H28N2O4/c1-5-32(4,24-6-16-30(22(2)18-24)37-28-12-8-26(9-13-28)33-20-35)25-7-17-31(23(3)19-25)38-29-14-10-27(11-15-29)34-21-36/h6-19H,5H2,1-4H3. The summed E-state index contributed by atoms with van der Waals surface area (Å²) in [6, 6.07) is 26.5. The van der Waals surface area contributed by atoms with Gasteiger partial charge in [-0.25, -0.2) is 9.59 Å². The molecule has 0 heterocycles. The first-order valence-corrected chi connectivity index (χ1v) is 12.3. The first kappa shape index (κ1) is 26.3. The van der Waals surface area contributed by atoms with Gasteiger partial charge in [0.1, 0.15) is 23.0 Å². The Bertz CT molecular complexity index is 1420. The quantitative estimate of drug-likeness (QED) is 0.169. The number of isocyanates is 2. The number of carbonyl (C=O) groups excluding carboxylic acids is 2. The molecule has 0 fully saturated rings. The number of ether oxygens (including phenoxy) is 2. The van der Waals surface area contributed by atoms with Gasteiger partial charge in [0.25, 0.3) is 0 Å². The lowest BCUT2D eigenvalue weighted by Crippen LogP contribution is -2.23. The van der Waals surface area contributed by atoms with Gasteiger partial charge in [0.15, 0.2) is 0 Å². The Labute approximate surface area is 222 Å². The maximum absolute atomic E-state index is 10.4. The summed E-state index contributed by atoms with van der Waals surface area (Å²) >= 11 is 0. The minimum atomic E-state index is -0.213. The lowest BCUT2D eigenvalue weighted by Gasteiger charge is -2.31. The van der Waals surface area contributed by atoms with Gasteiger partial charge >= 0.3 is 0 Å². The van der Waals surface area contributed by atoms with Crippen LogP contribution in [0.3, 0.4) is 0 Å². The molecular formula is C32H28N2O4. The Hall–Kier alpha value is -4.76. The molecule has 4 rings (SSSR count). The predicted molar refractivity (Wildman–Crippen MR) is 148 cm³/mol. The number of nitrogens with zero attached hydrogens (tertiary/aromatic N) is 2. The molecule has 0 aromatic heterocycles. The zero-order valence-electron chi connectivity index (χ0n) is 21.8. The van der Waals surface area contributed by atoms with Crippen molar-refractivity contribution in [3.05, 3.63) is 107 Å². The third-order valence-electron chi connectivity index (χ3n) is 6.81. The minimum Gasteiger partial charge on any atom is -0.457 e. The summed E-state index contributed by atoms with van der Waals surface area (Å²) in [7, 11) is 0. The smallest absolute Gasteiger partial charge is 0.240 e. The average Bonchev–Trinajstić information content (AvgIpc) is 2.93. The second-order valence-electron chi connectivity index (χ2n) is 9.24. The molecule has 0 radical (unpaired) electrons. The van der Waals surface area contributed by atoms with Crippen LogP contribution >= 0.6 is 0 Å². The van der Waals surface area contributed by atoms with Crippen molar-refractivity contribution in [1.82, 2.24) is 0 Å². The highest BCUT2D eigenvalue weighted by atomic mass is 16.5. The maximum atomic E-state index is 10.4. The third kappa shape index (κ3) is 5.79. The molecule has 0 unspecified atom stereocenters. The van der Waals surface area contributed by atoms with Crippen LogP contribution in [0.4, 0.5) is 11.4 Å². The number of benzene rings is 4. The molecular weight excluding hydrogens is 476 g/mol. The maximum Gasteiger partial charge on any atom is 0.240 e. The number of hydrogen-bond acceptors (Lipinski definition) is 6. The molecule has 0 bridgehead atoms. The van der Waals surface area contributed by atoms with Gasteiger partial charge in [0.05, 0.1) is 11.4 Å². The Morgan fingerprint density at radius 3 is 1.37 bits per heavy atom. The Balaban J connectivity index is 1.55. The van der Waals surface area contributed by atoms with Crippen molar-refractivity contribution in [2.75, 3.05) is 0 Å². The lowest BCUT2D eigenvalue weighted by molar-refractivity contribution is 0.475. The first-order valence-electron chi connectivity index (χ1n) is 12.3. The van der Waals surface area contributed by atoms with E-state index in [1.165, 1.54) is 23.3 Å². The van der Waals surface area contributed by atoms with E-state index in [4.69, 9.17) is 9.47 Å². The molecule has 0 aliphatic rings. The van der Waals surface area contributed by atoms with Crippen LogP contribution in [0.2, 0.25) is 0 Å². The van der Waals surface area contributed by atoms with E-state index in [0.717, 1.165) is 29.0 Å². The van der Waals surface area contributed by atoms with Crippen LogP contribution in [0.15, 0.2) is 94.9 Å². The number of aryl methyl sites for hydroxylation is 2. The van der Waals surface area contributed by atoms with Gasteiger partial charge in [0, 0.05) is 5.41 Å². The predicted octanol–water partition coefficient (Wildman–Crippen LogP) is 8.54. The van der Waals surface area contributed by atoms with Crippen LogP contribution in [0.1, 0.15) is 42.5 Å². The van der Waals surface area contributed by atoms with Crippen molar-refractivity contribution in [3.8, 4) is 23.0 Å². The fourth-order valence-electron chi connectivity index (χ4n) is 4.33. The second kappa shape index (κ2) is 11.5. The highest BCUT2D eigenvalue weighted by molar-refractivity contribution is 5.53. The Kier molecular flexibility index (Phi) is 7.98. The van der Waals surface area contributed by atoms with Gasteiger partial charge in [-0.1, -0.05) is 38.1 Å². The van der Waals surface area contributed by atoms with E-state index in [0.29, 0.717) is 22.9 Å². The highest BCUT2D eigenvalue weighted by Gasteiger charge is 2.28. The molecule has 190 valence electrons. The van der Waals surface area contributed by atoms with E-state index in [-0.39, 0.29) is 5.41 Å². The van der Waals surface area contributed by atoms with Crippen LogP contribution in [-0.2, 0) is 15.0 Å². The molecule has 38 heavy (non-hydrogen) atoms. The van der Waals surface area contributed by atoms with E-state index >= 15 is 0 Å².